The minimum Gasteiger partial charge on any atom is -0.480 e. The highest BCUT2D eigenvalue weighted by Gasteiger charge is 2.06. The Morgan fingerprint density at radius 2 is 2.25 bits per heavy atom. The third-order valence-corrected chi connectivity index (χ3v) is 0.907. The number of nitrogens with two attached hydrogens (primary N) is 1. The number of hydrogen-bond acceptors (Lipinski definition) is 3. The molecule has 0 aliphatic rings. The van der Waals surface area contributed by atoms with Crippen LogP contribution in [0.1, 0.15) is 0 Å². The van der Waals surface area contributed by atoms with Crippen LogP contribution in [0.15, 0.2) is 0 Å². The van der Waals surface area contributed by atoms with Gasteiger partial charge in [-0.2, -0.15) is 12.6 Å². The van der Waals surface area contributed by atoms with E-state index in [1.165, 1.54) is 0 Å². The average Bonchev–Trinajstić information content (AvgIpc) is 1.65. The zero-order valence-corrected chi connectivity index (χ0v) is 5.78. The maximum absolute atomic E-state index is 9.76. The van der Waals surface area contributed by atoms with Crippen LogP contribution in [0.2, 0.25) is 0 Å². The van der Waals surface area contributed by atoms with E-state index in [1.54, 1.807) is 0 Å². The molecule has 0 saturated heterocycles. The Morgan fingerprint density at radius 3 is 2.25 bits per heavy atom. The summed E-state index contributed by atoms with van der Waals surface area (Å²) in [4.78, 5) is 9.76. The highest BCUT2D eigenvalue weighted by molar-refractivity contribution is 7.80. The molecule has 1 atom stereocenters. The number of rotatable bonds is 2. The molecule has 8 heavy (non-hydrogen) atoms. The van der Waals surface area contributed by atoms with E-state index >= 15 is 0 Å². The standard InChI is InChI=1S/C3H7NO2S.S/c4-2(1-7)3(5)6;/h2,7H,1,4H2,(H,5,6);. The summed E-state index contributed by atoms with van der Waals surface area (Å²) in [5.41, 5.74) is 4.94. The number of thiol groups is 1. The smallest absolute Gasteiger partial charge is 0.321 e. The Bertz CT molecular complexity index is 77.7. The first kappa shape index (κ1) is 11.0. The lowest BCUT2D eigenvalue weighted by atomic mass is 10.4. The molecule has 0 rings (SSSR count). The fraction of sp³-hybridized carbons (Fsp3) is 0.667. The molecule has 0 spiro atoms. The van der Waals surface area contributed by atoms with Gasteiger partial charge in [0.05, 0.1) is 0 Å². The molecule has 0 aromatic rings. The van der Waals surface area contributed by atoms with Crippen molar-refractivity contribution in [2.75, 3.05) is 5.75 Å². The maximum Gasteiger partial charge on any atom is 0.321 e. The van der Waals surface area contributed by atoms with Crippen molar-refractivity contribution < 1.29 is 9.90 Å². The van der Waals surface area contributed by atoms with E-state index in [2.05, 4.69) is 12.6 Å². The minimum atomic E-state index is -1.00. The molecule has 48 valence electrons. The quantitative estimate of drug-likeness (QED) is 0.488. The summed E-state index contributed by atoms with van der Waals surface area (Å²) in [5, 5.41) is 8.01. The Balaban J connectivity index is 0. The number of hydrogen-bond donors (Lipinski definition) is 3. The largest absolute Gasteiger partial charge is 0.480 e. The Labute approximate surface area is 60.1 Å². The van der Waals surface area contributed by atoms with Crippen LogP contribution in [0.25, 0.3) is 0 Å². The molecular weight excluding hydrogens is 146 g/mol. The summed E-state index contributed by atoms with van der Waals surface area (Å²) in [7, 11) is 0. The van der Waals surface area contributed by atoms with Gasteiger partial charge in [0.1, 0.15) is 6.04 Å². The van der Waals surface area contributed by atoms with Crippen molar-refractivity contribution in [3.8, 4) is 0 Å². The summed E-state index contributed by atoms with van der Waals surface area (Å²) >= 11 is 3.65. The molecule has 0 bridgehead atoms. The molecule has 3 N–H and O–H groups in total. The second-order valence-corrected chi connectivity index (χ2v) is 1.49. The lowest BCUT2D eigenvalue weighted by molar-refractivity contribution is -0.137. The number of aliphatic carboxylic acids is 1. The number of carboxylic acids is 1. The summed E-state index contributed by atoms with van der Waals surface area (Å²) in [5.74, 6) is -0.815. The predicted molar refractivity (Wildman–Crippen MR) is 37.1 cm³/mol. The van der Waals surface area contributed by atoms with Gasteiger partial charge in [-0.15, -0.1) is 0 Å². The summed E-state index contributed by atoms with van der Waals surface area (Å²) < 4.78 is 0. The fourth-order valence-corrected chi connectivity index (χ4v) is 0.234. The summed E-state index contributed by atoms with van der Waals surface area (Å²) in [6.45, 7) is 0. The second-order valence-electron chi connectivity index (χ2n) is 1.13. The molecule has 3 nitrogen and oxygen atoms in total. The number of carboxylic acid groups (broad SMARTS) is 1. The molecule has 0 aliphatic heterocycles. The molecule has 0 saturated carbocycles. The zero-order valence-electron chi connectivity index (χ0n) is 4.07. The van der Waals surface area contributed by atoms with Crippen LogP contribution in [0.5, 0.6) is 0 Å². The summed E-state index contributed by atoms with van der Waals surface area (Å²) in [6, 6.07) is -0.816. The minimum absolute atomic E-state index is 0. The van der Waals surface area contributed by atoms with E-state index in [-0.39, 0.29) is 19.2 Å². The molecule has 2 radical (unpaired) electrons. The van der Waals surface area contributed by atoms with Crippen LogP contribution in [0.3, 0.4) is 0 Å². The highest BCUT2D eigenvalue weighted by atomic mass is 32.1. The first-order valence-electron chi connectivity index (χ1n) is 1.77. The van der Waals surface area contributed by atoms with Crippen molar-refractivity contribution in [3.05, 3.63) is 0 Å². The topological polar surface area (TPSA) is 63.3 Å². The first-order chi connectivity index (χ1) is 3.18. The SMILES string of the molecule is NC(CS)C(=O)O.[S]. The third kappa shape index (κ3) is 4.29. The van der Waals surface area contributed by atoms with Crippen molar-refractivity contribution in [1.82, 2.24) is 0 Å². The van der Waals surface area contributed by atoms with Gasteiger partial charge in [-0.25, -0.2) is 0 Å². The molecule has 0 amide bonds. The monoisotopic (exact) mass is 153 g/mol. The first-order valence-corrected chi connectivity index (χ1v) is 2.41. The maximum atomic E-state index is 9.76. The second kappa shape index (κ2) is 5.27. The lowest BCUT2D eigenvalue weighted by Gasteiger charge is -1.96. The van der Waals surface area contributed by atoms with Crippen molar-refractivity contribution in [3.63, 3.8) is 0 Å². The van der Waals surface area contributed by atoms with Crippen LogP contribution >= 0.6 is 26.1 Å². The molecule has 5 heteroatoms. The molecule has 0 aromatic carbocycles. The van der Waals surface area contributed by atoms with Gasteiger partial charge in [-0.3, -0.25) is 4.79 Å². The highest BCUT2D eigenvalue weighted by Crippen LogP contribution is 1.80. The van der Waals surface area contributed by atoms with Crippen molar-refractivity contribution >= 4 is 32.1 Å². The zero-order chi connectivity index (χ0) is 5.86. The van der Waals surface area contributed by atoms with E-state index < -0.39 is 12.0 Å². The van der Waals surface area contributed by atoms with E-state index in [4.69, 9.17) is 10.8 Å². The van der Waals surface area contributed by atoms with E-state index in [9.17, 15) is 4.79 Å². The van der Waals surface area contributed by atoms with Crippen LogP contribution in [0.4, 0.5) is 0 Å². The van der Waals surface area contributed by atoms with E-state index in [1.807, 2.05) is 0 Å². The Kier molecular flexibility index (Phi) is 7.25. The fourth-order valence-electron chi connectivity index (χ4n) is 0.0781. The van der Waals surface area contributed by atoms with Crippen molar-refractivity contribution in [2.24, 2.45) is 5.73 Å². The van der Waals surface area contributed by atoms with Crippen LogP contribution in [-0.4, -0.2) is 22.9 Å². The molecule has 0 aliphatic carbocycles. The van der Waals surface area contributed by atoms with Crippen molar-refractivity contribution in [1.29, 1.82) is 0 Å². The molecule has 0 heterocycles. The Morgan fingerprint density at radius 1 is 1.88 bits per heavy atom. The van der Waals surface area contributed by atoms with Crippen LogP contribution < -0.4 is 5.73 Å². The molecule has 1 unspecified atom stereocenters. The van der Waals surface area contributed by atoms with Gasteiger partial charge in [0.15, 0.2) is 0 Å². The normalized spacial score (nSPS) is 11.8. The van der Waals surface area contributed by atoms with Crippen LogP contribution in [0, 0.1) is 0 Å². The third-order valence-electron chi connectivity index (χ3n) is 0.514. The van der Waals surface area contributed by atoms with E-state index in [0.717, 1.165) is 0 Å². The van der Waals surface area contributed by atoms with E-state index in [0.29, 0.717) is 0 Å². The Hall–Kier alpha value is 0.130. The molecule has 0 fully saturated rings. The van der Waals surface area contributed by atoms with Gasteiger partial charge >= 0.3 is 5.97 Å². The molecule has 0 aromatic heterocycles. The van der Waals surface area contributed by atoms with Gasteiger partial charge in [0, 0.05) is 19.2 Å². The molecular formula is C3H7NO2S2. The van der Waals surface area contributed by atoms with Gasteiger partial charge in [-0.05, 0) is 0 Å². The van der Waals surface area contributed by atoms with Gasteiger partial charge in [0.2, 0.25) is 0 Å². The van der Waals surface area contributed by atoms with Gasteiger partial charge < -0.3 is 10.8 Å². The van der Waals surface area contributed by atoms with Gasteiger partial charge in [0.25, 0.3) is 0 Å². The average molecular weight is 153 g/mol. The summed E-state index contributed by atoms with van der Waals surface area (Å²) in [6.07, 6.45) is 0. The van der Waals surface area contributed by atoms with Gasteiger partial charge in [-0.1, -0.05) is 0 Å². The van der Waals surface area contributed by atoms with Crippen molar-refractivity contribution in [2.45, 2.75) is 6.04 Å². The van der Waals surface area contributed by atoms with Crippen LogP contribution in [-0.2, 0) is 4.79 Å². The predicted octanol–water partition coefficient (Wildman–Crippen LogP) is -0.0237. The lowest BCUT2D eigenvalue weighted by Crippen LogP contribution is -2.31. The number of carbonyl (C=O) groups is 1.